The number of aromatic nitrogens is 1. The first-order valence-corrected chi connectivity index (χ1v) is 12.4. The molecule has 1 saturated heterocycles. The van der Waals surface area contributed by atoms with Crippen LogP contribution in [0, 0.1) is 0 Å². The minimum absolute atomic E-state index is 0.00882. The summed E-state index contributed by atoms with van der Waals surface area (Å²) in [5.74, 6) is -0.154. The van der Waals surface area contributed by atoms with Crippen LogP contribution in [0.1, 0.15) is 37.7 Å². The molecule has 1 aromatic heterocycles. The number of benzene rings is 1. The summed E-state index contributed by atoms with van der Waals surface area (Å²) in [7, 11) is -1.85. The van der Waals surface area contributed by atoms with Crippen LogP contribution in [0.4, 0.5) is 0 Å². The monoisotopic (exact) mass is 446 g/mol. The van der Waals surface area contributed by atoms with Crippen molar-refractivity contribution in [2.45, 2.75) is 44.6 Å². The fourth-order valence-electron chi connectivity index (χ4n) is 4.58. The van der Waals surface area contributed by atoms with Crippen LogP contribution in [0.3, 0.4) is 0 Å². The summed E-state index contributed by atoms with van der Waals surface area (Å²) in [6.07, 6.45) is 5.14. The van der Waals surface area contributed by atoms with Crippen molar-refractivity contribution in [1.82, 2.24) is 18.5 Å². The topological polar surface area (TPSA) is 93.8 Å². The third-order valence-electron chi connectivity index (χ3n) is 6.54. The molecule has 0 bridgehead atoms. The smallest absolute Gasteiger partial charge is 0.282 e. The molecule has 1 aromatic carbocycles. The predicted octanol–water partition coefficient (Wildman–Crippen LogP) is 1.72. The number of aromatic amines is 1. The Hall–Kier alpha value is -2.23. The van der Waals surface area contributed by atoms with Gasteiger partial charge in [-0.05, 0) is 30.4 Å². The number of fused-ring (bicyclic) bond motifs is 1. The number of para-hydroxylation sites is 1. The van der Waals surface area contributed by atoms with Crippen molar-refractivity contribution in [3.63, 3.8) is 0 Å². The number of nitrogens with one attached hydrogen (secondary N) is 1. The van der Waals surface area contributed by atoms with E-state index < -0.39 is 10.2 Å². The zero-order valence-corrected chi connectivity index (χ0v) is 18.7. The Morgan fingerprint density at radius 1 is 1.10 bits per heavy atom. The van der Waals surface area contributed by atoms with Gasteiger partial charge in [0.05, 0.1) is 6.42 Å². The van der Waals surface area contributed by atoms with Crippen molar-refractivity contribution in [1.29, 1.82) is 0 Å². The Morgan fingerprint density at radius 3 is 2.48 bits per heavy atom. The van der Waals surface area contributed by atoms with Gasteiger partial charge in [-0.1, -0.05) is 37.5 Å². The van der Waals surface area contributed by atoms with E-state index in [-0.39, 0.29) is 37.0 Å². The van der Waals surface area contributed by atoms with Crippen LogP contribution in [-0.4, -0.2) is 72.1 Å². The van der Waals surface area contributed by atoms with Crippen LogP contribution >= 0.6 is 0 Å². The van der Waals surface area contributed by atoms with Crippen LogP contribution in [0.5, 0.6) is 0 Å². The van der Waals surface area contributed by atoms with E-state index in [1.54, 1.807) is 18.0 Å². The van der Waals surface area contributed by atoms with Gasteiger partial charge >= 0.3 is 0 Å². The Bertz CT molecular complexity index is 1100. The minimum Gasteiger partial charge on any atom is -0.340 e. The van der Waals surface area contributed by atoms with Crippen molar-refractivity contribution in [2.75, 3.05) is 33.2 Å². The largest absolute Gasteiger partial charge is 0.340 e. The average Bonchev–Trinajstić information content (AvgIpc) is 2.79. The first-order chi connectivity index (χ1) is 14.9. The molecular weight excluding hydrogens is 416 g/mol. The molecule has 0 spiro atoms. The van der Waals surface area contributed by atoms with Crippen molar-refractivity contribution < 1.29 is 13.2 Å². The van der Waals surface area contributed by atoms with E-state index in [2.05, 4.69) is 4.98 Å². The van der Waals surface area contributed by atoms with E-state index in [0.29, 0.717) is 18.7 Å². The summed E-state index contributed by atoms with van der Waals surface area (Å²) >= 11 is 0. The fraction of sp³-hybridized carbons (Fsp3) is 0.545. The second-order valence-electron chi connectivity index (χ2n) is 8.48. The third kappa shape index (κ3) is 4.68. The molecule has 1 aliphatic heterocycles. The summed E-state index contributed by atoms with van der Waals surface area (Å²) in [5, 5.41) is 0.881. The number of piperazine rings is 1. The number of nitrogens with zero attached hydrogens (tertiary/aromatic N) is 3. The molecule has 2 aromatic rings. The first kappa shape index (κ1) is 22.0. The van der Waals surface area contributed by atoms with E-state index in [9.17, 15) is 18.0 Å². The lowest BCUT2D eigenvalue weighted by Gasteiger charge is -2.38. The van der Waals surface area contributed by atoms with Gasteiger partial charge in [0.1, 0.15) is 0 Å². The second-order valence-corrected chi connectivity index (χ2v) is 10.5. The van der Waals surface area contributed by atoms with E-state index in [0.717, 1.165) is 36.6 Å². The molecule has 8 nitrogen and oxygen atoms in total. The van der Waals surface area contributed by atoms with Crippen molar-refractivity contribution in [2.24, 2.45) is 0 Å². The van der Waals surface area contributed by atoms with Gasteiger partial charge in [0.25, 0.3) is 15.8 Å². The molecule has 0 radical (unpaired) electrons. The van der Waals surface area contributed by atoms with Gasteiger partial charge in [-0.15, -0.1) is 0 Å². The molecule has 2 fully saturated rings. The molecule has 168 valence electrons. The minimum atomic E-state index is -3.53. The van der Waals surface area contributed by atoms with E-state index in [1.807, 2.05) is 24.3 Å². The zero-order valence-electron chi connectivity index (χ0n) is 17.9. The molecule has 31 heavy (non-hydrogen) atoms. The van der Waals surface area contributed by atoms with Crippen molar-refractivity contribution >= 4 is 27.0 Å². The molecule has 0 atom stereocenters. The Labute approximate surface area is 183 Å². The van der Waals surface area contributed by atoms with Gasteiger partial charge in [0.2, 0.25) is 5.91 Å². The van der Waals surface area contributed by atoms with Crippen LogP contribution in [0.15, 0.2) is 35.1 Å². The summed E-state index contributed by atoms with van der Waals surface area (Å²) in [6.45, 7) is 1.22. The van der Waals surface area contributed by atoms with Gasteiger partial charge in [0, 0.05) is 50.3 Å². The molecule has 4 rings (SSSR count). The normalized spacial score (nSPS) is 19.2. The highest BCUT2D eigenvalue weighted by atomic mass is 32.2. The summed E-state index contributed by atoms with van der Waals surface area (Å²) in [6, 6.07) is 9.28. The van der Waals surface area contributed by atoms with Crippen LogP contribution < -0.4 is 5.56 Å². The molecule has 1 amide bonds. The molecule has 1 aliphatic carbocycles. The molecular formula is C22H30N4O4S. The fourth-order valence-corrected chi connectivity index (χ4v) is 6.16. The molecule has 0 unspecified atom stereocenters. The lowest BCUT2D eigenvalue weighted by molar-refractivity contribution is -0.131. The number of hydrogen-bond acceptors (Lipinski definition) is 4. The predicted molar refractivity (Wildman–Crippen MR) is 120 cm³/mol. The number of rotatable bonds is 5. The number of amides is 1. The van der Waals surface area contributed by atoms with Crippen molar-refractivity contribution in [3.8, 4) is 0 Å². The molecule has 2 heterocycles. The van der Waals surface area contributed by atoms with Crippen LogP contribution in [-0.2, 0) is 21.4 Å². The highest BCUT2D eigenvalue weighted by molar-refractivity contribution is 7.86. The third-order valence-corrected chi connectivity index (χ3v) is 8.59. The first-order valence-electron chi connectivity index (χ1n) is 11.0. The highest BCUT2D eigenvalue weighted by Crippen LogP contribution is 2.25. The van der Waals surface area contributed by atoms with Crippen molar-refractivity contribution in [3.05, 3.63) is 46.2 Å². The molecule has 2 aliphatic rings. The summed E-state index contributed by atoms with van der Waals surface area (Å²) in [4.78, 5) is 29.6. The van der Waals surface area contributed by atoms with E-state index in [1.165, 1.54) is 15.0 Å². The molecule has 1 N–H and O–H groups in total. The summed E-state index contributed by atoms with van der Waals surface area (Å²) < 4.78 is 29.1. The van der Waals surface area contributed by atoms with E-state index >= 15 is 0 Å². The molecule has 9 heteroatoms. The number of hydrogen-bond donors (Lipinski definition) is 1. The quantitative estimate of drug-likeness (QED) is 0.757. The average molecular weight is 447 g/mol. The number of carbonyl (C=O) groups is 1. The standard InChI is InChI=1S/C22H30N4O4S/c1-24(19-8-3-2-4-9-19)31(29,30)26-13-11-25(12-14-26)21(27)16-18-15-17-7-5-6-10-20(17)23-22(18)28/h5-7,10,15,19H,2-4,8-9,11-14,16H2,1H3,(H,23,28). The van der Waals surface area contributed by atoms with Gasteiger partial charge in [-0.2, -0.15) is 17.0 Å². The lowest BCUT2D eigenvalue weighted by atomic mass is 9.96. The SMILES string of the molecule is CN(C1CCCCC1)S(=O)(=O)N1CCN(C(=O)Cc2cc3ccccc3[nH]c2=O)CC1. The number of pyridine rings is 1. The van der Waals surface area contributed by atoms with Gasteiger partial charge < -0.3 is 9.88 Å². The number of H-pyrrole nitrogens is 1. The highest BCUT2D eigenvalue weighted by Gasteiger charge is 2.35. The van der Waals surface area contributed by atoms with E-state index in [4.69, 9.17) is 0 Å². The maximum absolute atomic E-state index is 13.0. The maximum Gasteiger partial charge on any atom is 0.282 e. The maximum atomic E-state index is 13.0. The second kappa shape index (κ2) is 9.10. The Morgan fingerprint density at radius 2 is 1.77 bits per heavy atom. The zero-order chi connectivity index (χ0) is 22.0. The van der Waals surface area contributed by atoms with Crippen LogP contribution in [0.25, 0.3) is 10.9 Å². The lowest BCUT2D eigenvalue weighted by Crippen LogP contribution is -2.55. The van der Waals surface area contributed by atoms with Gasteiger partial charge in [-0.25, -0.2) is 0 Å². The van der Waals surface area contributed by atoms with Gasteiger partial charge in [-0.3, -0.25) is 9.59 Å². The Kier molecular flexibility index (Phi) is 6.45. The summed E-state index contributed by atoms with van der Waals surface area (Å²) in [5.41, 5.74) is 0.905. The Balaban J connectivity index is 1.38. The number of carbonyl (C=O) groups excluding carboxylic acids is 1. The molecule has 1 saturated carbocycles. The van der Waals surface area contributed by atoms with Crippen LogP contribution in [0.2, 0.25) is 0 Å². The van der Waals surface area contributed by atoms with Gasteiger partial charge in [0.15, 0.2) is 0 Å².